The number of amides is 1. The van der Waals surface area contributed by atoms with Crippen molar-refractivity contribution in [2.75, 3.05) is 13.1 Å². The zero-order chi connectivity index (χ0) is 18.7. The Labute approximate surface area is 166 Å². The van der Waals surface area contributed by atoms with Crippen molar-refractivity contribution in [3.8, 4) is 0 Å². The van der Waals surface area contributed by atoms with Crippen LogP contribution in [0.2, 0.25) is 0 Å². The molecule has 5 nitrogen and oxygen atoms in total. The largest absolute Gasteiger partial charge is 0.349 e. The number of halogens is 1. The minimum atomic E-state index is -3.50. The van der Waals surface area contributed by atoms with Crippen molar-refractivity contribution in [1.82, 2.24) is 9.62 Å². The molecule has 1 saturated heterocycles. The normalized spacial score (nSPS) is 19.8. The summed E-state index contributed by atoms with van der Waals surface area (Å²) < 4.78 is 28.1. The Kier molecular flexibility index (Phi) is 6.17. The van der Waals surface area contributed by atoms with Crippen molar-refractivity contribution in [2.24, 2.45) is 5.92 Å². The van der Waals surface area contributed by atoms with E-state index in [1.54, 1.807) is 17.5 Å². The lowest BCUT2D eigenvalue weighted by Gasteiger charge is -2.31. The molecule has 8 heteroatoms. The number of thiophene rings is 1. The average molecular weight is 457 g/mol. The van der Waals surface area contributed by atoms with Gasteiger partial charge in [0.25, 0.3) is 10.0 Å². The summed E-state index contributed by atoms with van der Waals surface area (Å²) >= 11 is 4.61. The number of carbonyl (C=O) groups is 1. The molecular formula is C18H21BrN2O3S2. The molecule has 2 atom stereocenters. The summed E-state index contributed by atoms with van der Waals surface area (Å²) in [5, 5.41) is 4.77. The van der Waals surface area contributed by atoms with Crippen LogP contribution < -0.4 is 5.32 Å². The third-order valence-corrected chi connectivity index (χ3v) is 8.34. The molecule has 1 fully saturated rings. The fourth-order valence-electron chi connectivity index (χ4n) is 3.08. The zero-order valence-corrected chi connectivity index (χ0v) is 17.6. The second-order valence-corrected chi connectivity index (χ2v) is 10.4. The lowest BCUT2D eigenvalue weighted by Crippen LogP contribution is -2.45. The number of hydrogen-bond donors (Lipinski definition) is 1. The van der Waals surface area contributed by atoms with E-state index < -0.39 is 10.0 Å². The van der Waals surface area contributed by atoms with Crippen molar-refractivity contribution in [3.63, 3.8) is 0 Å². The molecular weight excluding hydrogens is 436 g/mol. The Morgan fingerprint density at radius 2 is 2.04 bits per heavy atom. The van der Waals surface area contributed by atoms with Gasteiger partial charge in [-0.3, -0.25) is 4.79 Å². The Balaban J connectivity index is 1.65. The second kappa shape index (κ2) is 8.21. The molecule has 140 valence electrons. The summed E-state index contributed by atoms with van der Waals surface area (Å²) in [6, 6.07) is 11.0. The van der Waals surface area contributed by atoms with Gasteiger partial charge in [-0.1, -0.05) is 34.1 Å². The van der Waals surface area contributed by atoms with Gasteiger partial charge >= 0.3 is 0 Å². The predicted molar refractivity (Wildman–Crippen MR) is 107 cm³/mol. The van der Waals surface area contributed by atoms with E-state index in [0.29, 0.717) is 23.6 Å². The monoisotopic (exact) mass is 456 g/mol. The lowest BCUT2D eigenvalue weighted by atomic mass is 9.98. The summed E-state index contributed by atoms with van der Waals surface area (Å²) in [6.45, 7) is 2.63. The van der Waals surface area contributed by atoms with Crippen LogP contribution in [0.25, 0.3) is 0 Å². The number of sulfonamides is 1. The van der Waals surface area contributed by atoms with Crippen LogP contribution in [-0.2, 0) is 14.8 Å². The second-order valence-electron chi connectivity index (χ2n) is 6.42. The highest BCUT2D eigenvalue weighted by Crippen LogP contribution is 2.27. The van der Waals surface area contributed by atoms with E-state index in [1.807, 2.05) is 31.2 Å². The van der Waals surface area contributed by atoms with Gasteiger partial charge in [-0.25, -0.2) is 8.42 Å². The third kappa shape index (κ3) is 4.36. The molecule has 1 aromatic heterocycles. The Morgan fingerprint density at radius 1 is 1.31 bits per heavy atom. The molecule has 1 amide bonds. The van der Waals surface area contributed by atoms with Gasteiger partial charge in [0.2, 0.25) is 5.91 Å². The molecule has 1 aliphatic heterocycles. The number of hydrogen-bond acceptors (Lipinski definition) is 4. The zero-order valence-electron chi connectivity index (χ0n) is 14.4. The molecule has 1 aliphatic rings. The van der Waals surface area contributed by atoms with E-state index in [9.17, 15) is 13.2 Å². The van der Waals surface area contributed by atoms with Gasteiger partial charge < -0.3 is 5.32 Å². The van der Waals surface area contributed by atoms with Gasteiger partial charge in [0.05, 0.1) is 12.0 Å². The van der Waals surface area contributed by atoms with Crippen LogP contribution in [0, 0.1) is 5.92 Å². The predicted octanol–water partition coefficient (Wildman–Crippen LogP) is 3.79. The maximum absolute atomic E-state index is 12.7. The maximum Gasteiger partial charge on any atom is 0.252 e. The highest BCUT2D eigenvalue weighted by atomic mass is 79.9. The summed E-state index contributed by atoms with van der Waals surface area (Å²) in [7, 11) is -3.50. The summed E-state index contributed by atoms with van der Waals surface area (Å²) in [5.41, 5.74) is 1.01. The number of rotatable bonds is 5. The van der Waals surface area contributed by atoms with Crippen LogP contribution in [0.4, 0.5) is 0 Å². The van der Waals surface area contributed by atoms with Crippen molar-refractivity contribution < 1.29 is 13.2 Å². The SMILES string of the molecule is CC(NC(=O)C1CCCN(S(=O)(=O)c2cccs2)C1)c1ccc(Br)cc1. The molecule has 0 bridgehead atoms. The van der Waals surface area contributed by atoms with Crippen LogP contribution in [0.15, 0.2) is 50.5 Å². The van der Waals surface area contributed by atoms with E-state index >= 15 is 0 Å². The average Bonchev–Trinajstić information content (AvgIpc) is 3.18. The third-order valence-electron chi connectivity index (χ3n) is 4.57. The van der Waals surface area contributed by atoms with E-state index in [0.717, 1.165) is 10.0 Å². The summed E-state index contributed by atoms with van der Waals surface area (Å²) in [4.78, 5) is 12.7. The van der Waals surface area contributed by atoms with Crippen molar-refractivity contribution in [2.45, 2.75) is 30.0 Å². The lowest BCUT2D eigenvalue weighted by molar-refractivity contribution is -0.126. The number of benzene rings is 1. The molecule has 3 rings (SSSR count). The van der Waals surface area contributed by atoms with Crippen LogP contribution in [0.3, 0.4) is 0 Å². The van der Waals surface area contributed by atoms with E-state index in [-0.39, 0.29) is 24.4 Å². The fraction of sp³-hybridized carbons (Fsp3) is 0.389. The molecule has 0 aliphatic carbocycles. The van der Waals surface area contributed by atoms with E-state index in [1.165, 1.54) is 15.6 Å². The number of nitrogens with zero attached hydrogens (tertiary/aromatic N) is 1. The quantitative estimate of drug-likeness (QED) is 0.743. The maximum atomic E-state index is 12.7. The molecule has 1 aromatic carbocycles. The molecule has 0 radical (unpaired) electrons. The van der Waals surface area contributed by atoms with Crippen LogP contribution in [-0.4, -0.2) is 31.7 Å². The minimum absolute atomic E-state index is 0.0912. The molecule has 2 unspecified atom stereocenters. The van der Waals surface area contributed by atoms with Gasteiger partial charge in [-0.2, -0.15) is 4.31 Å². The first-order valence-electron chi connectivity index (χ1n) is 8.47. The summed E-state index contributed by atoms with van der Waals surface area (Å²) in [5.74, 6) is -0.414. The molecule has 2 aromatic rings. The summed E-state index contributed by atoms with van der Waals surface area (Å²) in [6.07, 6.45) is 1.39. The number of carbonyl (C=O) groups excluding carboxylic acids is 1. The van der Waals surface area contributed by atoms with Gasteiger partial charge in [-0.05, 0) is 48.9 Å². The first-order chi connectivity index (χ1) is 12.4. The molecule has 2 heterocycles. The molecule has 1 N–H and O–H groups in total. The molecule has 0 saturated carbocycles. The van der Waals surface area contributed by atoms with E-state index in [2.05, 4.69) is 21.2 Å². The van der Waals surface area contributed by atoms with Crippen molar-refractivity contribution in [3.05, 3.63) is 51.8 Å². The number of nitrogens with one attached hydrogen (secondary N) is 1. The Bertz CT molecular complexity index is 851. The smallest absolute Gasteiger partial charge is 0.252 e. The first kappa shape index (κ1) is 19.5. The fourth-order valence-corrected chi connectivity index (χ4v) is 6.01. The number of piperidine rings is 1. The van der Waals surface area contributed by atoms with E-state index in [4.69, 9.17) is 0 Å². The topological polar surface area (TPSA) is 66.5 Å². The molecule has 26 heavy (non-hydrogen) atoms. The Hall–Kier alpha value is -1.22. The highest BCUT2D eigenvalue weighted by molar-refractivity contribution is 9.10. The first-order valence-corrected chi connectivity index (χ1v) is 11.6. The van der Waals surface area contributed by atoms with Gasteiger partial charge in [0.1, 0.15) is 4.21 Å². The standard InChI is InChI=1S/C18H21BrN2O3S2/c1-13(14-6-8-16(19)9-7-14)20-18(22)15-4-2-10-21(12-15)26(23,24)17-5-3-11-25-17/h3,5-9,11,13,15H,2,4,10,12H2,1H3,(H,20,22). The van der Waals surface area contributed by atoms with Gasteiger partial charge in [0, 0.05) is 17.6 Å². The minimum Gasteiger partial charge on any atom is -0.349 e. The van der Waals surface area contributed by atoms with Crippen molar-refractivity contribution >= 4 is 43.2 Å². The van der Waals surface area contributed by atoms with Crippen LogP contribution in [0.5, 0.6) is 0 Å². The molecule has 0 spiro atoms. The highest BCUT2D eigenvalue weighted by Gasteiger charge is 2.34. The van der Waals surface area contributed by atoms with Crippen LogP contribution >= 0.6 is 27.3 Å². The van der Waals surface area contributed by atoms with Gasteiger partial charge in [0.15, 0.2) is 0 Å². The van der Waals surface area contributed by atoms with Gasteiger partial charge in [-0.15, -0.1) is 11.3 Å². The van der Waals surface area contributed by atoms with Crippen LogP contribution in [0.1, 0.15) is 31.4 Å². The van der Waals surface area contributed by atoms with Crippen molar-refractivity contribution in [1.29, 1.82) is 0 Å². The Morgan fingerprint density at radius 3 is 2.69 bits per heavy atom.